The quantitative estimate of drug-likeness (QED) is 0.325. The number of anilines is 3. The summed E-state index contributed by atoms with van der Waals surface area (Å²) in [6.07, 6.45) is 0. The Morgan fingerprint density at radius 2 is 1.58 bits per heavy atom. The first-order valence-electron chi connectivity index (χ1n) is 10.1. The van der Waals surface area contributed by atoms with Gasteiger partial charge in [0.1, 0.15) is 5.82 Å². The summed E-state index contributed by atoms with van der Waals surface area (Å²) in [4.78, 5) is 9.45. The fourth-order valence-electron chi connectivity index (χ4n) is 3.19. The summed E-state index contributed by atoms with van der Waals surface area (Å²) in [6, 6.07) is 22.8. The first-order valence-corrected chi connectivity index (χ1v) is 12.0. The highest BCUT2D eigenvalue weighted by Gasteiger charge is 2.18. The van der Waals surface area contributed by atoms with Crippen LogP contribution in [0.3, 0.4) is 0 Å². The first kappa shape index (κ1) is 22.7. The Hall–Kier alpha value is -3.46. The molecule has 0 amide bonds. The van der Waals surface area contributed by atoms with E-state index in [1.807, 2.05) is 49.4 Å². The Bertz CT molecular complexity index is 1360. The van der Waals surface area contributed by atoms with Crippen LogP contribution in [0, 0.1) is 6.92 Å². The molecule has 0 radical (unpaired) electrons. The molecule has 0 unspecified atom stereocenters. The molecular formula is C24H22ClN5O2S. The molecule has 0 fully saturated rings. The SMILES string of the molecule is Cc1nc(-c2ccccc2)nc(Nc2ccc(Cl)cc2)c1CNS(=O)(=O)c1ccc(N)cc1. The number of nitrogen functional groups attached to an aromatic ring is 1. The van der Waals surface area contributed by atoms with E-state index in [1.54, 1.807) is 24.3 Å². The smallest absolute Gasteiger partial charge is 0.240 e. The van der Waals surface area contributed by atoms with Crippen molar-refractivity contribution >= 4 is 38.8 Å². The molecule has 7 nitrogen and oxygen atoms in total. The lowest BCUT2D eigenvalue weighted by Gasteiger charge is -2.16. The number of nitrogens with zero attached hydrogens (tertiary/aromatic N) is 2. The largest absolute Gasteiger partial charge is 0.399 e. The van der Waals surface area contributed by atoms with Crippen molar-refractivity contribution in [3.05, 3.63) is 95.1 Å². The van der Waals surface area contributed by atoms with Crippen LogP contribution in [-0.2, 0) is 16.6 Å². The predicted molar refractivity (Wildman–Crippen MR) is 132 cm³/mol. The van der Waals surface area contributed by atoms with Crippen LogP contribution in [0.5, 0.6) is 0 Å². The first-order chi connectivity index (χ1) is 15.8. The number of hydrogen-bond donors (Lipinski definition) is 3. The number of nitrogens with one attached hydrogen (secondary N) is 2. The van der Waals surface area contributed by atoms with E-state index in [0.717, 1.165) is 11.3 Å². The molecule has 4 N–H and O–H groups in total. The monoisotopic (exact) mass is 479 g/mol. The van der Waals surface area contributed by atoms with E-state index in [9.17, 15) is 8.42 Å². The van der Waals surface area contributed by atoms with Crippen molar-refractivity contribution in [3.63, 3.8) is 0 Å². The number of nitrogens with two attached hydrogens (primary N) is 1. The Balaban J connectivity index is 1.69. The van der Waals surface area contributed by atoms with Crippen LogP contribution in [0.25, 0.3) is 11.4 Å². The lowest BCUT2D eigenvalue weighted by Crippen LogP contribution is -2.24. The van der Waals surface area contributed by atoms with Crippen molar-refractivity contribution in [2.75, 3.05) is 11.1 Å². The van der Waals surface area contributed by atoms with Gasteiger partial charge in [-0.3, -0.25) is 0 Å². The third kappa shape index (κ3) is 5.48. The van der Waals surface area contributed by atoms with Gasteiger partial charge in [0.05, 0.1) is 4.90 Å². The molecule has 0 spiro atoms. The lowest BCUT2D eigenvalue weighted by molar-refractivity contribution is 0.581. The van der Waals surface area contributed by atoms with Crippen molar-refractivity contribution in [2.45, 2.75) is 18.4 Å². The molecule has 0 saturated heterocycles. The molecule has 1 heterocycles. The van der Waals surface area contributed by atoms with Gasteiger partial charge in [-0.05, 0) is 55.5 Å². The van der Waals surface area contributed by atoms with E-state index in [-0.39, 0.29) is 11.4 Å². The Morgan fingerprint density at radius 3 is 2.24 bits per heavy atom. The molecule has 168 valence electrons. The van der Waals surface area contributed by atoms with Crippen LogP contribution >= 0.6 is 11.6 Å². The summed E-state index contributed by atoms with van der Waals surface area (Å²) in [6.45, 7) is 1.83. The van der Waals surface area contributed by atoms with Crippen LogP contribution < -0.4 is 15.8 Å². The van der Waals surface area contributed by atoms with Crippen molar-refractivity contribution in [1.29, 1.82) is 0 Å². The van der Waals surface area contributed by atoms with Crippen LogP contribution in [0.4, 0.5) is 17.2 Å². The highest BCUT2D eigenvalue weighted by molar-refractivity contribution is 7.89. The number of benzene rings is 3. The predicted octanol–water partition coefficient (Wildman–Crippen LogP) is 4.91. The fraction of sp³-hybridized carbons (Fsp3) is 0.0833. The molecule has 3 aromatic carbocycles. The van der Waals surface area contributed by atoms with E-state index < -0.39 is 10.0 Å². The number of hydrogen-bond acceptors (Lipinski definition) is 6. The van der Waals surface area contributed by atoms with Crippen molar-refractivity contribution in [3.8, 4) is 11.4 Å². The number of rotatable bonds is 7. The lowest BCUT2D eigenvalue weighted by atomic mass is 10.1. The molecule has 33 heavy (non-hydrogen) atoms. The van der Waals surface area contributed by atoms with E-state index in [2.05, 4.69) is 15.0 Å². The average Bonchev–Trinajstić information content (AvgIpc) is 2.81. The van der Waals surface area contributed by atoms with E-state index in [4.69, 9.17) is 22.3 Å². The molecule has 0 atom stereocenters. The average molecular weight is 480 g/mol. The molecular weight excluding hydrogens is 458 g/mol. The third-order valence-electron chi connectivity index (χ3n) is 4.98. The second-order valence-electron chi connectivity index (χ2n) is 7.35. The van der Waals surface area contributed by atoms with E-state index in [1.165, 1.54) is 12.1 Å². The van der Waals surface area contributed by atoms with Gasteiger partial charge >= 0.3 is 0 Å². The molecule has 0 aliphatic carbocycles. The second kappa shape index (κ2) is 9.58. The van der Waals surface area contributed by atoms with Crippen molar-refractivity contribution < 1.29 is 8.42 Å². The van der Waals surface area contributed by atoms with Crippen molar-refractivity contribution in [1.82, 2.24) is 14.7 Å². The Labute approximate surface area is 197 Å². The normalized spacial score (nSPS) is 11.3. The zero-order valence-corrected chi connectivity index (χ0v) is 19.4. The third-order valence-corrected chi connectivity index (χ3v) is 6.65. The highest BCUT2D eigenvalue weighted by atomic mass is 35.5. The molecule has 0 saturated carbocycles. The molecule has 0 aliphatic rings. The minimum absolute atomic E-state index is 0.00351. The Kier molecular flexibility index (Phi) is 6.60. The number of aromatic nitrogens is 2. The summed E-state index contributed by atoms with van der Waals surface area (Å²) in [5.41, 5.74) is 9.06. The molecule has 4 aromatic rings. The van der Waals surface area contributed by atoms with Gasteiger partial charge < -0.3 is 11.1 Å². The van der Waals surface area contributed by atoms with E-state index in [0.29, 0.717) is 33.6 Å². The maximum Gasteiger partial charge on any atom is 0.240 e. The standard InChI is InChI=1S/C24H22ClN5O2S/c1-16-22(15-27-33(31,32)21-13-9-19(26)10-14-21)24(29-20-11-7-18(25)8-12-20)30-23(28-16)17-5-3-2-4-6-17/h2-14,27H,15,26H2,1H3,(H,28,29,30). The summed E-state index contributed by atoms with van der Waals surface area (Å²) in [7, 11) is -3.76. The van der Waals surface area contributed by atoms with Gasteiger partial charge in [0, 0.05) is 39.8 Å². The maximum absolute atomic E-state index is 12.8. The molecule has 0 bridgehead atoms. The highest BCUT2D eigenvalue weighted by Crippen LogP contribution is 2.26. The van der Waals surface area contributed by atoms with Crippen LogP contribution in [0.15, 0.2) is 83.8 Å². The van der Waals surface area contributed by atoms with Gasteiger partial charge in [-0.15, -0.1) is 0 Å². The number of halogens is 1. The van der Waals surface area contributed by atoms with Crippen LogP contribution in [0.1, 0.15) is 11.3 Å². The maximum atomic E-state index is 12.8. The molecule has 0 aliphatic heterocycles. The topological polar surface area (TPSA) is 110 Å². The minimum atomic E-state index is -3.76. The molecule has 4 rings (SSSR count). The van der Waals surface area contributed by atoms with Gasteiger partial charge in [0.2, 0.25) is 10.0 Å². The zero-order chi connectivity index (χ0) is 23.4. The summed E-state index contributed by atoms with van der Waals surface area (Å²) in [5, 5.41) is 3.89. The summed E-state index contributed by atoms with van der Waals surface area (Å²) < 4.78 is 28.2. The molecule has 9 heteroatoms. The number of aryl methyl sites for hydroxylation is 1. The summed E-state index contributed by atoms with van der Waals surface area (Å²) >= 11 is 6.01. The van der Waals surface area contributed by atoms with Gasteiger partial charge in [0.15, 0.2) is 5.82 Å². The Morgan fingerprint density at radius 1 is 0.909 bits per heavy atom. The fourth-order valence-corrected chi connectivity index (χ4v) is 4.32. The van der Waals surface area contributed by atoms with Gasteiger partial charge in [0.25, 0.3) is 0 Å². The van der Waals surface area contributed by atoms with Crippen LogP contribution in [0.2, 0.25) is 5.02 Å². The summed E-state index contributed by atoms with van der Waals surface area (Å²) in [5.74, 6) is 1.04. The number of sulfonamides is 1. The van der Waals surface area contributed by atoms with Gasteiger partial charge in [-0.2, -0.15) is 0 Å². The zero-order valence-electron chi connectivity index (χ0n) is 17.8. The second-order valence-corrected chi connectivity index (χ2v) is 9.55. The van der Waals surface area contributed by atoms with Gasteiger partial charge in [-0.25, -0.2) is 23.1 Å². The van der Waals surface area contributed by atoms with Gasteiger partial charge in [-0.1, -0.05) is 41.9 Å². The molecule has 1 aromatic heterocycles. The minimum Gasteiger partial charge on any atom is -0.399 e. The van der Waals surface area contributed by atoms with E-state index >= 15 is 0 Å². The van der Waals surface area contributed by atoms with Crippen molar-refractivity contribution in [2.24, 2.45) is 0 Å². The van der Waals surface area contributed by atoms with Crippen LogP contribution in [-0.4, -0.2) is 18.4 Å².